The number of unbranched alkanes of at least 4 members (excludes halogenated alkanes) is 1. The van der Waals surface area contributed by atoms with Gasteiger partial charge >= 0.3 is 5.97 Å². The van der Waals surface area contributed by atoms with E-state index in [9.17, 15) is 9.90 Å². The van der Waals surface area contributed by atoms with Gasteiger partial charge in [-0.3, -0.25) is 9.78 Å². The summed E-state index contributed by atoms with van der Waals surface area (Å²) in [5.41, 5.74) is 5.00. The Morgan fingerprint density at radius 2 is 1.89 bits per heavy atom. The van der Waals surface area contributed by atoms with Crippen LogP contribution in [0.5, 0.6) is 5.75 Å². The molecule has 1 N–H and O–H groups in total. The van der Waals surface area contributed by atoms with Crippen molar-refractivity contribution in [2.24, 2.45) is 11.8 Å². The van der Waals surface area contributed by atoms with Crippen LogP contribution in [0.3, 0.4) is 0 Å². The molecule has 0 spiro atoms. The summed E-state index contributed by atoms with van der Waals surface area (Å²) < 4.78 is 5.41. The van der Waals surface area contributed by atoms with Crippen molar-refractivity contribution in [2.45, 2.75) is 58.3 Å². The van der Waals surface area contributed by atoms with Crippen LogP contribution in [-0.2, 0) is 17.6 Å². The number of pyridine rings is 1. The van der Waals surface area contributed by atoms with E-state index in [2.05, 4.69) is 53.2 Å². The van der Waals surface area contributed by atoms with Crippen LogP contribution in [0, 0.1) is 18.8 Å². The number of piperidine rings is 1. The second-order valence-corrected chi connectivity index (χ2v) is 10.4. The number of nitrogens with zero attached hydrogens (tertiary/aromatic N) is 2. The molecular formula is C31H40N2O3. The normalized spacial score (nSPS) is 18.4. The highest BCUT2D eigenvalue weighted by Crippen LogP contribution is 2.32. The number of rotatable bonds is 12. The first kappa shape index (κ1) is 26.2. The fourth-order valence-electron chi connectivity index (χ4n) is 5.70. The SMILES string of the molecule is COc1ccc2nccc(CCC[C@@H]3CCN(CCCCc4ccc(C)cc4)C[C@@H]3CC(=O)O)c2c1. The fourth-order valence-corrected chi connectivity index (χ4v) is 5.70. The molecule has 36 heavy (non-hydrogen) atoms. The largest absolute Gasteiger partial charge is 0.497 e. The first-order chi connectivity index (χ1) is 17.5. The number of carboxylic acid groups (broad SMARTS) is 1. The minimum atomic E-state index is -0.668. The topological polar surface area (TPSA) is 62.7 Å². The molecule has 1 aliphatic rings. The third kappa shape index (κ3) is 7.30. The Kier molecular flexibility index (Phi) is 9.35. The zero-order valence-electron chi connectivity index (χ0n) is 21.8. The molecule has 1 fully saturated rings. The number of ether oxygens (including phenoxy) is 1. The van der Waals surface area contributed by atoms with E-state index in [1.807, 2.05) is 18.3 Å². The van der Waals surface area contributed by atoms with E-state index in [0.29, 0.717) is 5.92 Å². The van der Waals surface area contributed by atoms with Crippen LogP contribution in [0.1, 0.15) is 55.2 Å². The van der Waals surface area contributed by atoms with Crippen LogP contribution in [0.25, 0.3) is 10.9 Å². The Morgan fingerprint density at radius 3 is 2.67 bits per heavy atom. The zero-order chi connectivity index (χ0) is 25.3. The molecule has 5 heteroatoms. The van der Waals surface area contributed by atoms with Crippen molar-refractivity contribution >= 4 is 16.9 Å². The highest BCUT2D eigenvalue weighted by atomic mass is 16.5. The Bertz CT molecular complexity index is 1130. The predicted molar refractivity (Wildman–Crippen MR) is 146 cm³/mol. The van der Waals surface area contributed by atoms with Crippen molar-refractivity contribution in [1.82, 2.24) is 9.88 Å². The van der Waals surface area contributed by atoms with E-state index in [1.54, 1.807) is 7.11 Å². The van der Waals surface area contributed by atoms with E-state index in [-0.39, 0.29) is 12.3 Å². The quantitative estimate of drug-likeness (QED) is 0.303. The van der Waals surface area contributed by atoms with Gasteiger partial charge in [-0.15, -0.1) is 0 Å². The highest BCUT2D eigenvalue weighted by molar-refractivity contribution is 5.83. The molecular weight excluding hydrogens is 448 g/mol. The third-order valence-corrected chi connectivity index (χ3v) is 7.78. The van der Waals surface area contributed by atoms with E-state index in [4.69, 9.17) is 4.74 Å². The summed E-state index contributed by atoms with van der Waals surface area (Å²) in [5, 5.41) is 10.7. The van der Waals surface area contributed by atoms with E-state index >= 15 is 0 Å². The highest BCUT2D eigenvalue weighted by Gasteiger charge is 2.30. The number of carboxylic acids is 1. The molecule has 1 aliphatic heterocycles. The molecule has 0 saturated carbocycles. The van der Waals surface area contributed by atoms with Crippen LogP contribution in [0.4, 0.5) is 0 Å². The van der Waals surface area contributed by atoms with Crippen molar-refractivity contribution in [3.05, 3.63) is 71.4 Å². The molecule has 0 bridgehead atoms. The van der Waals surface area contributed by atoms with E-state index < -0.39 is 5.97 Å². The molecule has 1 saturated heterocycles. The number of carbonyl (C=O) groups is 1. The second-order valence-electron chi connectivity index (χ2n) is 10.4. The van der Waals surface area contributed by atoms with Gasteiger partial charge in [0.2, 0.25) is 0 Å². The fraction of sp³-hybridized carbons (Fsp3) is 0.484. The van der Waals surface area contributed by atoms with Gasteiger partial charge in [-0.05, 0) is 112 Å². The summed E-state index contributed by atoms with van der Waals surface area (Å²) in [6.07, 6.45) is 9.83. The average Bonchev–Trinajstić information content (AvgIpc) is 2.88. The van der Waals surface area contributed by atoms with Crippen molar-refractivity contribution in [3.8, 4) is 5.75 Å². The first-order valence-corrected chi connectivity index (χ1v) is 13.4. The second kappa shape index (κ2) is 12.9. The molecule has 3 aromatic rings. The van der Waals surface area contributed by atoms with Gasteiger partial charge in [-0.25, -0.2) is 0 Å². The lowest BCUT2D eigenvalue weighted by atomic mass is 9.79. The smallest absolute Gasteiger partial charge is 0.303 e. The number of methoxy groups -OCH3 is 1. The number of aromatic nitrogens is 1. The lowest BCUT2D eigenvalue weighted by Crippen LogP contribution is -2.41. The van der Waals surface area contributed by atoms with Crippen molar-refractivity contribution in [1.29, 1.82) is 0 Å². The van der Waals surface area contributed by atoms with Crippen molar-refractivity contribution in [2.75, 3.05) is 26.7 Å². The van der Waals surface area contributed by atoms with Crippen LogP contribution >= 0.6 is 0 Å². The standard InChI is InChI=1S/C31H40N2O3/c1-23-9-11-24(12-10-23)6-3-4-18-33-19-16-25(27(22-33)20-31(34)35)7-5-8-26-15-17-32-30-14-13-28(36-2)21-29(26)30/h9-15,17,21,25,27H,3-8,16,18-20,22H2,1-2H3,(H,34,35)/t25-,27+/m1/s1. The molecule has 0 unspecified atom stereocenters. The van der Waals surface area contributed by atoms with Crippen molar-refractivity contribution < 1.29 is 14.6 Å². The monoisotopic (exact) mass is 488 g/mol. The molecule has 0 amide bonds. The minimum absolute atomic E-state index is 0.239. The van der Waals surface area contributed by atoms with Gasteiger partial charge in [0.25, 0.3) is 0 Å². The van der Waals surface area contributed by atoms with Gasteiger partial charge in [0.1, 0.15) is 5.75 Å². The molecule has 2 heterocycles. The molecule has 192 valence electrons. The maximum Gasteiger partial charge on any atom is 0.303 e. The molecule has 1 aromatic heterocycles. The predicted octanol–water partition coefficient (Wildman–Crippen LogP) is 6.31. The Balaban J connectivity index is 1.27. The summed E-state index contributed by atoms with van der Waals surface area (Å²) in [7, 11) is 1.69. The van der Waals surface area contributed by atoms with Gasteiger partial charge in [0, 0.05) is 24.5 Å². The molecule has 2 atom stereocenters. The van der Waals surface area contributed by atoms with Crippen LogP contribution in [-0.4, -0.2) is 47.7 Å². The average molecular weight is 489 g/mol. The summed E-state index contributed by atoms with van der Waals surface area (Å²) in [4.78, 5) is 18.6. The third-order valence-electron chi connectivity index (χ3n) is 7.78. The molecule has 0 radical (unpaired) electrons. The number of hydrogen-bond acceptors (Lipinski definition) is 4. The van der Waals surface area contributed by atoms with E-state index in [0.717, 1.165) is 74.8 Å². The molecule has 4 rings (SSSR count). The van der Waals surface area contributed by atoms with Crippen molar-refractivity contribution in [3.63, 3.8) is 0 Å². The van der Waals surface area contributed by atoms with Gasteiger partial charge in [-0.2, -0.15) is 0 Å². The lowest BCUT2D eigenvalue weighted by Gasteiger charge is -2.38. The molecule has 2 aromatic carbocycles. The summed E-state index contributed by atoms with van der Waals surface area (Å²) in [5.74, 6) is 0.901. The Morgan fingerprint density at radius 1 is 1.06 bits per heavy atom. The Labute approximate surface area is 215 Å². The van der Waals surface area contributed by atoms with Gasteiger partial charge in [0.05, 0.1) is 12.6 Å². The van der Waals surface area contributed by atoms with Gasteiger partial charge < -0.3 is 14.7 Å². The summed E-state index contributed by atoms with van der Waals surface area (Å²) in [6.45, 7) is 5.19. The summed E-state index contributed by atoms with van der Waals surface area (Å²) >= 11 is 0. The number of aryl methyl sites for hydroxylation is 3. The van der Waals surface area contributed by atoms with Crippen LogP contribution in [0.15, 0.2) is 54.7 Å². The number of fused-ring (bicyclic) bond motifs is 1. The van der Waals surface area contributed by atoms with Crippen LogP contribution in [0.2, 0.25) is 0 Å². The lowest BCUT2D eigenvalue weighted by molar-refractivity contribution is -0.139. The number of benzene rings is 2. The maximum atomic E-state index is 11.6. The van der Waals surface area contributed by atoms with Gasteiger partial charge in [-0.1, -0.05) is 29.8 Å². The maximum absolute atomic E-state index is 11.6. The number of likely N-dealkylation sites (tertiary alicyclic amines) is 1. The molecule has 0 aliphatic carbocycles. The Hall–Kier alpha value is -2.92. The van der Waals surface area contributed by atoms with E-state index in [1.165, 1.54) is 23.1 Å². The number of aliphatic carboxylic acids is 1. The van der Waals surface area contributed by atoms with Crippen LogP contribution < -0.4 is 4.74 Å². The number of hydrogen-bond donors (Lipinski definition) is 1. The van der Waals surface area contributed by atoms with Gasteiger partial charge in [0.15, 0.2) is 0 Å². The first-order valence-electron chi connectivity index (χ1n) is 13.4. The molecule has 5 nitrogen and oxygen atoms in total. The summed E-state index contributed by atoms with van der Waals surface area (Å²) in [6, 6.07) is 17.0. The minimum Gasteiger partial charge on any atom is -0.497 e. The zero-order valence-corrected chi connectivity index (χ0v) is 21.8.